The van der Waals surface area contributed by atoms with E-state index in [1.165, 1.54) is 5.57 Å². The van der Waals surface area contributed by atoms with E-state index in [2.05, 4.69) is 23.2 Å². The van der Waals surface area contributed by atoms with E-state index in [1.807, 2.05) is 44.5 Å². The zero-order valence-electron chi connectivity index (χ0n) is 16.4. The van der Waals surface area contributed by atoms with E-state index in [0.29, 0.717) is 12.4 Å². The first-order valence-corrected chi connectivity index (χ1v) is 9.61. The van der Waals surface area contributed by atoms with Gasteiger partial charge < -0.3 is 9.64 Å². The maximum Gasteiger partial charge on any atom is 0.257 e. The maximum absolute atomic E-state index is 12.6. The van der Waals surface area contributed by atoms with Crippen molar-refractivity contribution in [1.29, 1.82) is 0 Å². The van der Waals surface area contributed by atoms with Gasteiger partial charge in [-0.15, -0.1) is 0 Å². The minimum atomic E-state index is -0.435. The molecule has 0 radical (unpaired) electrons. The molecule has 6 nitrogen and oxygen atoms in total. The van der Waals surface area contributed by atoms with Gasteiger partial charge in [-0.05, 0) is 31.8 Å². The number of ether oxygens (including phenoxy) is 1. The normalized spacial score (nSPS) is 23.6. The van der Waals surface area contributed by atoms with Crippen molar-refractivity contribution in [3.05, 3.63) is 49.2 Å². The fourth-order valence-corrected chi connectivity index (χ4v) is 3.94. The molecule has 2 aliphatic rings. The van der Waals surface area contributed by atoms with Crippen LogP contribution in [0.25, 0.3) is 0 Å². The summed E-state index contributed by atoms with van der Waals surface area (Å²) >= 11 is 0. The van der Waals surface area contributed by atoms with Crippen LogP contribution in [-0.2, 0) is 16.6 Å². The number of hydrogen-bond acceptors (Lipinski definition) is 4. The Hall–Kier alpha value is -2.18. The number of likely N-dealkylation sites (tertiary alicyclic amines) is 1. The number of amides is 1. The summed E-state index contributed by atoms with van der Waals surface area (Å²) in [6.45, 7) is 13.0. The van der Waals surface area contributed by atoms with E-state index in [0.717, 1.165) is 38.9 Å². The van der Waals surface area contributed by atoms with Gasteiger partial charge in [0.05, 0.1) is 12.1 Å². The fourth-order valence-electron chi connectivity index (χ4n) is 3.94. The second-order valence-corrected chi connectivity index (χ2v) is 7.49. The second-order valence-electron chi connectivity index (χ2n) is 7.49. The number of nitrogens with zero attached hydrogens (tertiary/aromatic N) is 4. The molecule has 0 aromatic carbocycles. The van der Waals surface area contributed by atoms with Crippen LogP contribution in [-0.4, -0.2) is 58.5 Å². The molecule has 2 aliphatic heterocycles. The molecule has 1 unspecified atom stereocenters. The fraction of sp³-hybridized carbons (Fsp3) is 0.524. The van der Waals surface area contributed by atoms with Gasteiger partial charge in [0.2, 0.25) is 0 Å². The summed E-state index contributed by atoms with van der Waals surface area (Å²) in [4.78, 5) is 16.9. The number of aromatic nitrogens is 2. The summed E-state index contributed by atoms with van der Waals surface area (Å²) < 4.78 is 7.95. The summed E-state index contributed by atoms with van der Waals surface area (Å²) in [6, 6.07) is 1.89. The highest BCUT2D eigenvalue weighted by Crippen LogP contribution is 2.34. The molecular formula is C21H30N4O2. The minimum absolute atomic E-state index is 0.00746. The topological polar surface area (TPSA) is 50.6 Å². The van der Waals surface area contributed by atoms with Gasteiger partial charge in [-0.2, -0.15) is 5.10 Å². The van der Waals surface area contributed by atoms with Crippen LogP contribution in [0.3, 0.4) is 0 Å². The monoisotopic (exact) mass is 370 g/mol. The molecule has 0 bridgehead atoms. The Balaban J connectivity index is 1.62. The smallest absolute Gasteiger partial charge is 0.257 e. The van der Waals surface area contributed by atoms with Crippen molar-refractivity contribution in [2.75, 3.05) is 31.1 Å². The van der Waals surface area contributed by atoms with E-state index >= 15 is 0 Å². The number of aryl methyl sites for hydroxylation is 1. The first-order chi connectivity index (χ1) is 13.0. The van der Waals surface area contributed by atoms with E-state index in [-0.39, 0.29) is 11.5 Å². The van der Waals surface area contributed by atoms with Crippen molar-refractivity contribution in [3.8, 4) is 0 Å². The average molecular weight is 370 g/mol. The molecule has 27 heavy (non-hydrogen) atoms. The number of allylic oxidation sites excluding steroid dienone is 3. The van der Waals surface area contributed by atoms with Gasteiger partial charge >= 0.3 is 0 Å². The molecular weight excluding hydrogens is 340 g/mol. The van der Waals surface area contributed by atoms with Gasteiger partial charge in [0.25, 0.3) is 5.91 Å². The van der Waals surface area contributed by atoms with Crippen LogP contribution < -0.4 is 4.90 Å². The van der Waals surface area contributed by atoms with Crippen LogP contribution in [0, 0.1) is 0 Å². The van der Waals surface area contributed by atoms with Gasteiger partial charge in [0.15, 0.2) is 5.82 Å². The predicted molar refractivity (Wildman–Crippen MR) is 108 cm³/mol. The van der Waals surface area contributed by atoms with Gasteiger partial charge in [-0.3, -0.25) is 14.4 Å². The number of morpholine rings is 1. The van der Waals surface area contributed by atoms with Gasteiger partial charge in [0.1, 0.15) is 6.10 Å². The Kier molecular flexibility index (Phi) is 5.97. The lowest BCUT2D eigenvalue weighted by molar-refractivity contribution is -0.161. The number of piperidine rings is 1. The van der Waals surface area contributed by atoms with Crippen molar-refractivity contribution < 1.29 is 9.53 Å². The summed E-state index contributed by atoms with van der Waals surface area (Å²) in [5, 5.41) is 4.42. The van der Waals surface area contributed by atoms with Crippen LogP contribution in [0.5, 0.6) is 0 Å². The molecule has 6 heteroatoms. The highest BCUT2D eigenvalue weighted by Gasteiger charge is 2.46. The van der Waals surface area contributed by atoms with Gasteiger partial charge in [-0.25, -0.2) is 0 Å². The average Bonchev–Trinajstić information content (AvgIpc) is 3.09. The van der Waals surface area contributed by atoms with Crippen molar-refractivity contribution in [3.63, 3.8) is 0 Å². The van der Waals surface area contributed by atoms with E-state index in [1.54, 1.807) is 9.58 Å². The molecule has 0 N–H and O–H groups in total. The lowest BCUT2D eigenvalue weighted by atomic mass is 9.88. The molecule has 2 saturated heterocycles. The van der Waals surface area contributed by atoms with Crippen molar-refractivity contribution in [2.24, 2.45) is 7.05 Å². The molecule has 1 aromatic rings. The minimum Gasteiger partial charge on any atom is -0.360 e. The van der Waals surface area contributed by atoms with Crippen molar-refractivity contribution >= 4 is 11.7 Å². The zero-order valence-corrected chi connectivity index (χ0v) is 16.4. The summed E-state index contributed by atoms with van der Waals surface area (Å²) in [5.74, 6) is 0.705. The van der Waals surface area contributed by atoms with Crippen LogP contribution in [0.1, 0.15) is 26.2 Å². The summed E-state index contributed by atoms with van der Waals surface area (Å²) in [6.07, 6.45) is 9.96. The second kappa shape index (κ2) is 8.23. The molecule has 1 amide bonds. The highest BCUT2D eigenvalue weighted by molar-refractivity contribution is 5.96. The third kappa shape index (κ3) is 4.39. The SMILES string of the molecule is C=C/C=C(\C=C)CCN1CCC2(CC1)CN(c1ccn(C)n1)C(=O)C(C)O2. The molecule has 1 spiro atoms. The maximum atomic E-state index is 12.6. The van der Waals surface area contributed by atoms with Crippen LogP contribution >= 0.6 is 0 Å². The Morgan fingerprint density at radius 3 is 2.74 bits per heavy atom. The Morgan fingerprint density at radius 2 is 2.15 bits per heavy atom. The predicted octanol–water partition coefficient (Wildman–Crippen LogP) is 2.69. The Morgan fingerprint density at radius 1 is 1.41 bits per heavy atom. The number of rotatable bonds is 6. The summed E-state index contributed by atoms with van der Waals surface area (Å²) in [5.41, 5.74) is 0.930. The first-order valence-electron chi connectivity index (χ1n) is 9.61. The van der Waals surface area contributed by atoms with Gasteiger partial charge in [-0.1, -0.05) is 31.4 Å². The Bertz CT molecular complexity index is 728. The molecule has 3 heterocycles. The molecule has 2 fully saturated rings. The number of carbonyl (C=O) groups excluding carboxylic acids is 1. The van der Waals surface area contributed by atoms with E-state index in [9.17, 15) is 4.79 Å². The van der Waals surface area contributed by atoms with Crippen LogP contribution in [0.15, 0.2) is 49.2 Å². The quantitative estimate of drug-likeness (QED) is 0.723. The molecule has 0 aliphatic carbocycles. The third-order valence-corrected chi connectivity index (χ3v) is 5.54. The molecule has 146 valence electrons. The number of carbonyl (C=O) groups is 1. The number of anilines is 1. The van der Waals surface area contributed by atoms with Crippen molar-refractivity contribution in [2.45, 2.75) is 37.9 Å². The molecule has 0 saturated carbocycles. The Labute approximate surface area is 161 Å². The lowest BCUT2D eigenvalue weighted by Crippen LogP contribution is -2.61. The highest BCUT2D eigenvalue weighted by atomic mass is 16.5. The molecule has 1 atom stereocenters. The largest absolute Gasteiger partial charge is 0.360 e. The molecule has 1 aromatic heterocycles. The standard InChI is InChI=1S/C21H30N4O2/c1-5-7-18(6-2)8-13-24-14-10-21(11-15-24)16-25(20(26)17(3)27-21)19-9-12-23(4)22-19/h5-7,9,12,17H,1-2,8,10-11,13-16H2,3-4H3/b18-7+. The third-order valence-electron chi connectivity index (χ3n) is 5.54. The first kappa shape index (κ1) is 19.6. The zero-order chi connectivity index (χ0) is 19.4. The molecule has 3 rings (SSSR count). The lowest BCUT2D eigenvalue weighted by Gasteiger charge is -2.48. The van der Waals surface area contributed by atoms with Crippen molar-refractivity contribution in [1.82, 2.24) is 14.7 Å². The van der Waals surface area contributed by atoms with Crippen LogP contribution in [0.2, 0.25) is 0 Å². The summed E-state index contributed by atoms with van der Waals surface area (Å²) in [7, 11) is 1.87. The van der Waals surface area contributed by atoms with Gasteiger partial charge in [0, 0.05) is 38.9 Å². The number of hydrogen-bond donors (Lipinski definition) is 0. The van der Waals surface area contributed by atoms with E-state index < -0.39 is 6.10 Å². The van der Waals surface area contributed by atoms with Crippen LogP contribution in [0.4, 0.5) is 5.82 Å². The van der Waals surface area contributed by atoms with E-state index in [4.69, 9.17) is 4.74 Å².